The molecule has 1 aliphatic rings. The molecule has 98 valence electrons. The Bertz CT molecular complexity index is 428. The number of carbonyl (C=O) groups excluding carboxylic acids is 1. The van der Waals surface area contributed by atoms with Crippen LogP contribution in [0, 0.1) is 0 Å². The van der Waals surface area contributed by atoms with E-state index in [1.54, 1.807) is 0 Å². The van der Waals surface area contributed by atoms with Gasteiger partial charge in [0.25, 0.3) is 0 Å². The molecule has 18 heavy (non-hydrogen) atoms. The summed E-state index contributed by atoms with van der Waals surface area (Å²) in [5, 5.41) is 0. The van der Waals surface area contributed by atoms with Crippen molar-refractivity contribution in [2.45, 2.75) is 18.9 Å². The molecule has 1 aromatic rings. The average Bonchev–Trinajstić information content (AvgIpc) is 2.39. The van der Waals surface area contributed by atoms with Crippen molar-refractivity contribution in [3.63, 3.8) is 0 Å². The predicted octanol–water partition coefficient (Wildman–Crippen LogP) is 2.79. The SMILES string of the molecule is CN1CCC(N(C)c2cc(Br)ccc2C=O)CC1. The van der Waals surface area contributed by atoms with Gasteiger partial charge in [-0.15, -0.1) is 0 Å². The van der Waals surface area contributed by atoms with E-state index in [4.69, 9.17) is 0 Å². The first-order valence-electron chi connectivity index (χ1n) is 6.28. The number of anilines is 1. The number of nitrogens with zero attached hydrogens (tertiary/aromatic N) is 2. The van der Waals surface area contributed by atoms with Gasteiger partial charge in [-0.3, -0.25) is 4.79 Å². The van der Waals surface area contributed by atoms with Gasteiger partial charge >= 0.3 is 0 Å². The van der Waals surface area contributed by atoms with Gasteiger partial charge in [0.2, 0.25) is 0 Å². The number of hydrogen-bond acceptors (Lipinski definition) is 3. The Morgan fingerprint density at radius 2 is 2.06 bits per heavy atom. The highest BCUT2D eigenvalue weighted by Gasteiger charge is 2.22. The van der Waals surface area contributed by atoms with Crippen molar-refractivity contribution in [3.05, 3.63) is 28.2 Å². The first kappa shape index (κ1) is 13.6. The van der Waals surface area contributed by atoms with E-state index in [2.05, 4.69) is 39.8 Å². The summed E-state index contributed by atoms with van der Waals surface area (Å²) in [6.45, 7) is 2.25. The van der Waals surface area contributed by atoms with Gasteiger partial charge in [0.15, 0.2) is 6.29 Å². The molecule has 0 N–H and O–H groups in total. The number of rotatable bonds is 3. The summed E-state index contributed by atoms with van der Waals surface area (Å²) < 4.78 is 1.02. The normalized spacial score (nSPS) is 17.7. The summed E-state index contributed by atoms with van der Waals surface area (Å²) in [5.74, 6) is 0. The Morgan fingerprint density at radius 1 is 1.39 bits per heavy atom. The minimum atomic E-state index is 0.522. The van der Waals surface area contributed by atoms with E-state index in [0.29, 0.717) is 6.04 Å². The van der Waals surface area contributed by atoms with Crippen molar-refractivity contribution in [2.24, 2.45) is 0 Å². The lowest BCUT2D eigenvalue weighted by atomic mass is 10.0. The lowest BCUT2D eigenvalue weighted by Gasteiger charge is -2.37. The van der Waals surface area contributed by atoms with E-state index in [1.807, 2.05) is 18.2 Å². The van der Waals surface area contributed by atoms with Gasteiger partial charge in [0.05, 0.1) is 0 Å². The van der Waals surface area contributed by atoms with Crippen LogP contribution < -0.4 is 4.90 Å². The molecule has 0 aliphatic carbocycles. The quantitative estimate of drug-likeness (QED) is 0.802. The molecule has 0 bridgehead atoms. The first-order chi connectivity index (χ1) is 8.61. The number of aldehydes is 1. The molecular formula is C14H19BrN2O. The van der Waals surface area contributed by atoms with E-state index < -0.39 is 0 Å². The summed E-state index contributed by atoms with van der Waals surface area (Å²) in [5.41, 5.74) is 1.79. The zero-order chi connectivity index (χ0) is 13.1. The number of likely N-dealkylation sites (tertiary alicyclic amines) is 1. The Balaban J connectivity index is 2.19. The van der Waals surface area contributed by atoms with Crippen LogP contribution >= 0.6 is 15.9 Å². The molecule has 0 saturated carbocycles. The molecule has 0 amide bonds. The van der Waals surface area contributed by atoms with Gasteiger partial charge in [-0.05, 0) is 51.2 Å². The molecule has 1 heterocycles. The fourth-order valence-electron chi connectivity index (χ4n) is 2.50. The van der Waals surface area contributed by atoms with Crippen LogP contribution in [0.5, 0.6) is 0 Å². The Labute approximate surface area is 117 Å². The molecule has 1 saturated heterocycles. The van der Waals surface area contributed by atoms with Gasteiger partial charge in [-0.1, -0.05) is 15.9 Å². The van der Waals surface area contributed by atoms with Crippen LogP contribution in [0.2, 0.25) is 0 Å². The predicted molar refractivity (Wildman–Crippen MR) is 78.5 cm³/mol. The molecule has 1 fully saturated rings. The van der Waals surface area contributed by atoms with Crippen molar-refractivity contribution in [3.8, 4) is 0 Å². The van der Waals surface area contributed by atoms with Crippen molar-refractivity contribution in [2.75, 3.05) is 32.1 Å². The van der Waals surface area contributed by atoms with Gasteiger partial charge < -0.3 is 9.80 Å². The van der Waals surface area contributed by atoms with Crippen LogP contribution in [0.3, 0.4) is 0 Å². The monoisotopic (exact) mass is 310 g/mol. The summed E-state index contributed by atoms with van der Waals surface area (Å²) >= 11 is 3.48. The van der Waals surface area contributed by atoms with Crippen LogP contribution in [-0.2, 0) is 0 Å². The molecule has 3 nitrogen and oxygen atoms in total. The summed E-state index contributed by atoms with van der Waals surface area (Å²) in [7, 11) is 4.25. The van der Waals surface area contributed by atoms with Crippen LogP contribution in [0.4, 0.5) is 5.69 Å². The largest absolute Gasteiger partial charge is 0.371 e. The molecule has 0 aromatic heterocycles. The third-order valence-corrected chi connectivity index (χ3v) is 4.23. The zero-order valence-corrected chi connectivity index (χ0v) is 12.5. The van der Waals surface area contributed by atoms with Crippen molar-refractivity contribution in [1.82, 2.24) is 4.90 Å². The fourth-order valence-corrected chi connectivity index (χ4v) is 2.85. The third-order valence-electron chi connectivity index (χ3n) is 3.74. The molecule has 0 spiro atoms. The number of piperidine rings is 1. The van der Waals surface area contributed by atoms with Crippen molar-refractivity contribution < 1.29 is 4.79 Å². The van der Waals surface area contributed by atoms with Crippen molar-refractivity contribution in [1.29, 1.82) is 0 Å². The number of carbonyl (C=O) groups is 1. The molecule has 0 unspecified atom stereocenters. The van der Waals surface area contributed by atoms with E-state index in [1.165, 1.54) is 0 Å². The van der Waals surface area contributed by atoms with Crippen LogP contribution in [0.1, 0.15) is 23.2 Å². The Hall–Kier alpha value is -0.870. The lowest BCUT2D eigenvalue weighted by molar-refractivity contribution is 0.112. The maximum atomic E-state index is 11.1. The van der Waals surface area contributed by atoms with Gasteiger partial charge in [0.1, 0.15) is 0 Å². The Kier molecular flexibility index (Phi) is 4.40. The highest BCUT2D eigenvalue weighted by Crippen LogP contribution is 2.27. The molecule has 1 aliphatic heterocycles. The average molecular weight is 311 g/mol. The minimum Gasteiger partial charge on any atom is -0.371 e. The van der Waals surface area contributed by atoms with E-state index >= 15 is 0 Å². The first-order valence-corrected chi connectivity index (χ1v) is 7.07. The summed E-state index contributed by atoms with van der Waals surface area (Å²) in [6, 6.07) is 6.34. The summed E-state index contributed by atoms with van der Waals surface area (Å²) in [4.78, 5) is 15.7. The molecule has 1 aromatic carbocycles. The molecule has 0 atom stereocenters. The van der Waals surface area contributed by atoms with Crippen LogP contribution in [0.25, 0.3) is 0 Å². The maximum absolute atomic E-state index is 11.1. The molecule has 0 radical (unpaired) electrons. The molecular weight excluding hydrogens is 292 g/mol. The Morgan fingerprint density at radius 3 is 2.67 bits per heavy atom. The second kappa shape index (κ2) is 5.85. The van der Waals surface area contributed by atoms with E-state index in [-0.39, 0.29) is 0 Å². The molecule has 4 heteroatoms. The second-order valence-corrected chi connectivity index (χ2v) is 5.88. The van der Waals surface area contributed by atoms with Gasteiger partial charge in [-0.2, -0.15) is 0 Å². The second-order valence-electron chi connectivity index (χ2n) is 4.97. The highest BCUT2D eigenvalue weighted by atomic mass is 79.9. The highest BCUT2D eigenvalue weighted by molar-refractivity contribution is 9.10. The van der Waals surface area contributed by atoms with Crippen LogP contribution in [-0.4, -0.2) is 44.4 Å². The minimum absolute atomic E-state index is 0.522. The topological polar surface area (TPSA) is 23.6 Å². The lowest BCUT2D eigenvalue weighted by Crippen LogP contribution is -2.42. The van der Waals surface area contributed by atoms with Gasteiger partial charge in [0, 0.05) is 28.8 Å². The van der Waals surface area contributed by atoms with Crippen LogP contribution in [0.15, 0.2) is 22.7 Å². The number of halogens is 1. The number of benzene rings is 1. The maximum Gasteiger partial charge on any atom is 0.152 e. The standard InChI is InChI=1S/C14H19BrN2O/c1-16-7-5-13(6-8-16)17(2)14-9-12(15)4-3-11(14)10-18/h3-4,9-10,13H,5-8H2,1-2H3. The van der Waals surface area contributed by atoms with Gasteiger partial charge in [-0.25, -0.2) is 0 Å². The fraction of sp³-hybridized carbons (Fsp3) is 0.500. The zero-order valence-electron chi connectivity index (χ0n) is 10.9. The van der Waals surface area contributed by atoms with Crippen molar-refractivity contribution >= 4 is 27.9 Å². The molecule has 2 rings (SSSR count). The smallest absolute Gasteiger partial charge is 0.152 e. The third kappa shape index (κ3) is 2.93. The summed E-state index contributed by atoms with van der Waals surface area (Å²) in [6.07, 6.45) is 3.24. The van der Waals surface area contributed by atoms with E-state index in [9.17, 15) is 4.79 Å². The number of hydrogen-bond donors (Lipinski definition) is 0. The van der Waals surface area contributed by atoms with E-state index in [0.717, 1.165) is 47.9 Å².